The van der Waals surface area contributed by atoms with Gasteiger partial charge in [-0.2, -0.15) is 0 Å². The minimum atomic E-state index is -0.668. The first-order valence-corrected chi connectivity index (χ1v) is 11.9. The van der Waals surface area contributed by atoms with Gasteiger partial charge in [-0.1, -0.05) is 29.5 Å². The highest BCUT2D eigenvalue weighted by Crippen LogP contribution is 2.33. The van der Waals surface area contributed by atoms with Crippen molar-refractivity contribution in [3.05, 3.63) is 63.2 Å². The van der Waals surface area contributed by atoms with Crippen LogP contribution in [-0.4, -0.2) is 44.6 Å². The predicted molar refractivity (Wildman–Crippen MR) is 138 cm³/mol. The summed E-state index contributed by atoms with van der Waals surface area (Å²) >= 11 is 5.86. The summed E-state index contributed by atoms with van der Waals surface area (Å²) in [7, 11) is 0. The van der Waals surface area contributed by atoms with Gasteiger partial charge >= 0.3 is 6.09 Å². The first kappa shape index (κ1) is 26.1. The molecule has 4 rings (SSSR count). The molecule has 3 aromatic rings. The Labute approximate surface area is 218 Å². The first-order chi connectivity index (χ1) is 17.3. The van der Waals surface area contributed by atoms with E-state index in [1.54, 1.807) is 31.7 Å². The van der Waals surface area contributed by atoms with E-state index in [-0.39, 0.29) is 27.8 Å². The number of nitrogens with one attached hydrogen (secondary N) is 1. The molecule has 1 atom stereocenters. The van der Waals surface area contributed by atoms with Gasteiger partial charge in [0.25, 0.3) is 5.69 Å². The third kappa shape index (κ3) is 5.89. The summed E-state index contributed by atoms with van der Waals surface area (Å²) in [5.74, 6) is 5.57. The number of likely N-dealkylation sites (tertiary alicyclic amines) is 1. The molecule has 9 nitrogen and oxygen atoms in total. The number of benzene rings is 2. The lowest BCUT2D eigenvalue weighted by molar-refractivity contribution is -0.385. The number of aromatic nitrogens is 2. The zero-order valence-electron chi connectivity index (χ0n) is 20.8. The Kier molecular flexibility index (Phi) is 6.93. The maximum Gasteiger partial charge on any atom is 0.410 e. The van der Waals surface area contributed by atoms with Crippen LogP contribution in [0.3, 0.4) is 0 Å². The largest absolute Gasteiger partial charge is 0.444 e. The van der Waals surface area contributed by atoms with Crippen molar-refractivity contribution in [3.8, 4) is 11.8 Å². The lowest BCUT2D eigenvalue weighted by Crippen LogP contribution is -2.36. The number of ether oxygens (including phenoxy) is 1. The second-order valence-corrected chi connectivity index (χ2v) is 10.5. The number of carbonyl (C=O) groups is 1. The highest BCUT2D eigenvalue weighted by Gasteiger charge is 2.36. The fraction of sp³-hybridized carbons (Fsp3) is 0.346. The minimum Gasteiger partial charge on any atom is -0.444 e. The summed E-state index contributed by atoms with van der Waals surface area (Å²) in [6.45, 7) is 8.12. The lowest BCUT2D eigenvalue weighted by atomic mass is 9.90. The number of hydrogen-bond donors (Lipinski definition) is 1. The molecule has 1 aliphatic rings. The molecule has 0 bridgehead atoms. The van der Waals surface area contributed by atoms with E-state index in [2.05, 4.69) is 27.1 Å². The Balaban J connectivity index is 1.66. The maximum atomic E-state index is 14.4. The Hall–Kier alpha value is -3.97. The number of rotatable bonds is 3. The van der Waals surface area contributed by atoms with Crippen LogP contribution >= 0.6 is 11.6 Å². The van der Waals surface area contributed by atoms with Crippen LogP contribution in [0.25, 0.3) is 10.9 Å². The highest BCUT2D eigenvalue weighted by atomic mass is 35.5. The van der Waals surface area contributed by atoms with Crippen LogP contribution in [0.5, 0.6) is 0 Å². The van der Waals surface area contributed by atoms with Crippen molar-refractivity contribution in [3.63, 3.8) is 0 Å². The van der Waals surface area contributed by atoms with Crippen molar-refractivity contribution in [1.29, 1.82) is 0 Å². The van der Waals surface area contributed by atoms with Crippen molar-refractivity contribution in [2.24, 2.45) is 5.41 Å². The number of fused-ring (bicyclic) bond motifs is 1. The summed E-state index contributed by atoms with van der Waals surface area (Å²) in [5, 5.41) is 15.0. The van der Waals surface area contributed by atoms with E-state index in [1.165, 1.54) is 30.6 Å². The van der Waals surface area contributed by atoms with Crippen molar-refractivity contribution in [2.75, 3.05) is 18.4 Å². The number of amides is 1. The molecule has 0 aliphatic carbocycles. The van der Waals surface area contributed by atoms with Gasteiger partial charge in [-0.15, -0.1) is 0 Å². The zero-order valence-corrected chi connectivity index (χ0v) is 21.5. The molecular formula is C26H25ClFN5O4. The normalized spacial score (nSPS) is 17.3. The molecular weight excluding hydrogens is 501 g/mol. The molecule has 2 aromatic carbocycles. The van der Waals surface area contributed by atoms with Gasteiger partial charge in [-0.05, 0) is 52.3 Å². The highest BCUT2D eigenvalue weighted by molar-refractivity contribution is 6.31. The van der Waals surface area contributed by atoms with E-state index in [4.69, 9.17) is 16.3 Å². The van der Waals surface area contributed by atoms with E-state index in [0.29, 0.717) is 30.4 Å². The van der Waals surface area contributed by atoms with Crippen LogP contribution in [-0.2, 0) is 4.74 Å². The third-order valence-electron chi connectivity index (χ3n) is 5.78. The molecule has 1 aliphatic heterocycles. The average molecular weight is 526 g/mol. The fourth-order valence-electron chi connectivity index (χ4n) is 3.93. The van der Waals surface area contributed by atoms with Crippen molar-refractivity contribution < 1.29 is 18.8 Å². The quantitative estimate of drug-likeness (QED) is 0.251. The Bertz CT molecular complexity index is 1460. The molecule has 2 heterocycles. The number of nitro groups is 1. The molecule has 37 heavy (non-hydrogen) atoms. The fourth-order valence-corrected chi connectivity index (χ4v) is 4.11. The average Bonchev–Trinajstić information content (AvgIpc) is 3.22. The van der Waals surface area contributed by atoms with Crippen LogP contribution < -0.4 is 5.32 Å². The summed E-state index contributed by atoms with van der Waals surface area (Å²) in [6.07, 6.45) is 1.46. The summed E-state index contributed by atoms with van der Waals surface area (Å²) in [4.78, 5) is 33.8. The van der Waals surface area contributed by atoms with Gasteiger partial charge in [0.2, 0.25) is 0 Å². The first-order valence-electron chi connectivity index (χ1n) is 11.5. The summed E-state index contributed by atoms with van der Waals surface area (Å²) in [5.41, 5.74) is -0.781. The number of halogens is 2. The van der Waals surface area contributed by atoms with E-state index in [1.807, 2.05) is 6.92 Å². The summed E-state index contributed by atoms with van der Waals surface area (Å²) in [6, 6.07) is 7.28. The lowest BCUT2D eigenvalue weighted by Gasteiger charge is -2.25. The molecule has 0 radical (unpaired) electrons. The molecule has 0 saturated carbocycles. The van der Waals surface area contributed by atoms with Crippen LogP contribution in [0, 0.1) is 33.2 Å². The monoisotopic (exact) mass is 525 g/mol. The Morgan fingerprint density at radius 1 is 1.32 bits per heavy atom. The minimum absolute atomic E-state index is 0.0717. The number of nitrogens with zero attached hydrogens (tertiary/aromatic N) is 4. The van der Waals surface area contributed by atoms with Gasteiger partial charge in [-0.25, -0.2) is 19.2 Å². The van der Waals surface area contributed by atoms with E-state index in [0.717, 1.165) is 0 Å². The third-order valence-corrected chi connectivity index (χ3v) is 6.07. The molecule has 0 spiro atoms. The molecule has 11 heteroatoms. The second-order valence-electron chi connectivity index (χ2n) is 10.1. The molecule has 1 amide bonds. The van der Waals surface area contributed by atoms with Gasteiger partial charge in [0.1, 0.15) is 23.3 Å². The molecule has 1 saturated heterocycles. The van der Waals surface area contributed by atoms with E-state index >= 15 is 0 Å². The van der Waals surface area contributed by atoms with Crippen LogP contribution in [0.4, 0.5) is 26.4 Å². The molecule has 0 unspecified atom stereocenters. The second kappa shape index (κ2) is 9.82. The van der Waals surface area contributed by atoms with Gasteiger partial charge < -0.3 is 15.0 Å². The Morgan fingerprint density at radius 2 is 2.08 bits per heavy atom. The predicted octanol–water partition coefficient (Wildman–Crippen LogP) is 6.07. The van der Waals surface area contributed by atoms with Crippen molar-refractivity contribution in [1.82, 2.24) is 14.9 Å². The van der Waals surface area contributed by atoms with E-state index in [9.17, 15) is 19.3 Å². The number of anilines is 2. The standard InChI is InChI=1S/C26H25ClFN5O4/c1-25(2,3)37-24(34)32-11-10-26(4,14-32)9-8-16-12-20-17(13-21(16)33(35)36)23(30-15-29-20)31-19-7-5-6-18(27)22(19)28/h5-7,12-13,15H,10-11,14H2,1-4H3,(H,29,30,31)/t26-/m1/s1. The molecule has 1 N–H and O–H groups in total. The van der Waals surface area contributed by atoms with E-state index < -0.39 is 27.8 Å². The van der Waals surface area contributed by atoms with Crippen molar-refractivity contribution >= 4 is 45.8 Å². The summed E-state index contributed by atoms with van der Waals surface area (Å²) < 4.78 is 19.8. The number of nitro benzene ring substituents is 1. The van der Waals surface area contributed by atoms with Crippen LogP contribution in [0.1, 0.15) is 39.7 Å². The van der Waals surface area contributed by atoms with Crippen molar-refractivity contribution in [2.45, 2.75) is 39.7 Å². The molecule has 1 aromatic heterocycles. The van der Waals surface area contributed by atoms with Gasteiger partial charge in [0, 0.05) is 30.0 Å². The van der Waals surface area contributed by atoms with Gasteiger partial charge in [0.05, 0.1) is 21.2 Å². The maximum absolute atomic E-state index is 14.4. The Morgan fingerprint density at radius 3 is 2.78 bits per heavy atom. The van der Waals surface area contributed by atoms with Gasteiger partial charge in [0.15, 0.2) is 5.82 Å². The van der Waals surface area contributed by atoms with Crippen LogP contribution in [0.15, 0.2) is 36.7 Å². The number of hydrogen-bond acceptors (Lipinski definition) is 7. The van der Waals surface area contributed by atoms with Crippen LogP contribution in [0.2, 0.25) is 5.02 Å². The molecule has 192 valence electrons. The zero-order chi connectivity index (χ0) is 27.0. The SMILES string of the molecule is CC(C)(C)OC(=O)N1CC[C@@](C)(C#Cc2cc3ncnc(Nc4cccc(Cl)c4F)c3cc2[N+](=O)[O-])C1. The topological polar surface area (TPSA) is 110 Å². The smallest absolute Gasteiger partial charge is 0.410 e. The van der Waals surface area contributed by atoms with Gasteiger partial charge in [-0.3, -0.25) is 10.1 Å². The molecule has 1 fully saturated rings. The number of carbonyl (C=O) groups excluding carboxylic acids is 1.